The average molecular weight is 164 g/mol. The molecule has 0 aromatic heterocycles. The molecule has 0 saturated carbocycles. The van der Waals surface area contributed by atoms with Crippen molar-refractivity contribution in [3.63, 3.8) is 0 Å². The van der Waals surface area contributed by atoms with Crippen LogP contribution in [0.1, 0.15) is 13.8 Å². The van der Waals surface area contributed by atoms with Crippen LogP contribution in [0.15, 0.2) is 0 Å². The number of hydroxylamine groups is 2. The predicted molar refractivity (Wildman–Crippen MR) is 40.5 cm³/mol. The van der Waals surface area contributed by atoms with Crippen molar-refractivity contribution < 1.29 is 14.9 Å². The van der Waals surface area contributed by atoms with Crippen LogP contribution in [0.3, 0.4) is 0 Å². The van der Waals surface area contributed by atoms with Gasteiger partial charge in [0, 0.05) is 6.54 Å². The topological polar surface area (TPSA) is 69.0 Å². The molecular formula is C6H16N2O3. The fourth-order valence-electron chi connectivity index (χ4n) is 0.726. The van der Waals surface area contributed by atoms with Gasteiger partial charge in [0.1, 0.15) is 0 Å². The monoisotopic (exact) mass is 164 g/mol. The molecule has 0 aromatic carbocycles. The Kier molecular flexibility index (Phi) is 4.55. The first kappa shape index (κ1) is 10.8. The molecule has 68 valence electrons. The first-order valence-electron chi connectivity index (χ1n) is 3.69. The van der Waals surface area contributed by atoms with Gasteiger partial charge in [0.15, 0.2) is 0 Å². The van der Waals surface area contributed by atoms with Crippen molar-refractivity contribution >= 4 is 0 Å². The van der Waals surface area contributed by atoms with E-state index in [2.05, 4.69) is 5.32 Å². The average Bonchev–Trinajstić information content (AvgIpc) is 1.88. The Morgan fingerprint density at radius 1 is 1.64 bits per heavy atom. The molecule has 0 aliphatic carbocycles. The van der Waals surface area contributed by atoms with E-state index >= 15 is 0 Å². The van der Waals surface area contributed by atoms with Gasteiger partial charge in [-0.2, -0.15) is 0 Å². The molecule has 5 heteroatoms. The van der Waals surface area contributed by atoms with Crippen LogP contribution in [0.4, 0.5) is 0 Å². The zero-order valence-corrected chi connectivity index (χ0v) is 7.18. The van der Waals surface area contributed by atoms with Crippen molar-refractivity contribution in [2.45, 2.75) is 19.9 Å². The Morgan fingerprint density at radius 3 is 2.45 bits per heavy atom. The van der Waals surface area contributed by atoms with E-state index in [0.717, 1.165) is 0 Å². The summed E-state index contributed by atoms with van der Waals surface area (Å²) in [5.41, 5.74) is 0. The molecule has 0 aliphatic rings. The maximum atomic E-state index is 10.8. The van der Waals surface area contributed by atoms with Gasteiger partial charge in [-0.25, -0.2) is 5.32 Å². The summed E-state index contributed by atoms with van der Waals surface area (Å²) in [5, 5.41) is 22.3. The highest BCUT2D eigenvalue weighted by atomic mass is 16.7. The van der Waals surface area contributed by atoms with Gasteiger partial charge >= 0.3 is 6.03 Å². The fourth-order valence-corrected chi connectivity index (χ4v) is 0.726. The van der Waals surface area contributed by atoms with E-state index in [0.29, 0.717) is 13.2 Å². The third-order valence-corrected chi connectivity index (χ3v) is 1.25. The lowest BCUT2D eigenvalue weighted by Gasteiger charge is -2.34. The molecule has 0 aromatic rings. The Bertz CT molecular complexity index is 102. The number of quaternary nitrogens is 1. The van der Waals surface area contributed by atoms with Gasteiger partial charge in [-0.1, -0.05) is 6.92 Å². The molecule has 11 heavy (non-hydrogen) atoms. The Morgan fingerprint density at radius 2 is 2.18 bits per heavy atom. The van der Waals surface area contributed by atoms with Gasteiger partial charge in [0.2, 0.25) is 0 Å². The molecule has 2 atom stereocenters. The second kappa shape index (κ2) is 4.63. The highest BCUT2D eigenvalue weighted by Gasteiger charge is 2.31. The van der Waals surface area contributed by atoms with Gasteiger partial charge < -0.3 is 15.4 Å². The van der Waals surface area contributed by atoms with Crippen molar-refractivity contribution in [2.75, 3.05) is 20.2 Å². The Hall–Kier alpha value is -0.200. The molecular weight excluding hydrogens is 148 g/mol. The van der Waals surface area contributed by atoms with Crippen LogP contribution in [0.25, 0.3) is 0 Å². The number of hydrogen-bond acceptors (Lipinski definition) is 4. The van der Waals surface area contributed by atoms with Crippen LogP contribution in [0.2, 0.25) is 0 Å². The Labute approximate surface area is 66.5 Å². The molecule has 0 saturated heterocycles. The van der Waals surface area contributed by atoms with Crippen LogP contribution >= 0.6 is 0 Å². The maximum Gasteiger partial charge on any atom is 0.382 e. The van der Waals surface area contributed by atoms with Crippen molar-refractivity contribution in [3.8, 4) is 0 Å². The minimum Gasteiger partial charge on any atom is -0.629 e. The largest absolute Gasteiger partial charge is 0.629 e. The molecule has 0 spiro atoms. The highest BCUT2D eigenvalue weighted by Crippen LogP contribution is 1.90. The molecule has 0 amide bonds. The lowest BCUT2D eigenvalue weighted by molar-refractivity contribution is -0.955. The summed E-state index contributed by atoms with van der Waals surface area (Å²) in [4.78, 5) is 0. The van der Waals surface area contributed by atoms with Crippen LogP contribution in [-0.4, -0.2) is 31.3 Å². The molecule has 0 heterocycles. The standard InChI is InChI=1S/C6H16N2O3/c1-4-7-6(9,8(3)10)11-5-2/h7-9H,4-5H2,1-3H3. The smallest absolute Gasteiger partial charge is 0.382 e. The number of ether oxygens (including phenoxy) is 1. The maximum absolute atomic E-state index is 10.8. The third kappa shape index (κ3) is 3.13. The Balaban J connectivity index is 4.01. The number of rotatable bonds is 5. The molecule has 0 bridgehead atoms. The normalized spacial score (nSPS) is 19.4. The van der Waals surface area contributed by atoms with Gasteiger partial charge in [-0.3, -0.25) is 4.74 Å². The van der Waals surface area contributed by atoms with E-state index in [4.69, 9.17) is 4.74 Å². The highest BCUT2D eigenvalue weighted by molar-refractivity contribution is 4.45. The van der Waals surface area contributed by atoms with E-state index < -0.39 is 11.1 Å². The molecule has 2 unspecified atom stereocenters. The summed E-state index contributed by atoms with van der Waals surface area (Å²) in [6, 6.07) is -1.79. The number of aliphatic hydroxyl groups is 1. The summed E-state index contributed by atoms with van der Waals surface area (Å²) >= 11 is 0. The molecule has 0 aliphatic heterocycles. The van der Waals surface area contributed by atoms with Crippen LogP contribution < -0.4 is 10.4 Å². The van der Waals surface area contributed by atoms with E-state index in [1.807, 2.05) is 0 Å². The summed E-state index contributed by atoms with van der Waals surface area (Å²) in [6.07, 6.45) is 0. The molecule has 0 rings (SSSR count). The van der Waals surface area contributed by atoms with Crippen molar-refractivity contribution in [1.82, 2.24) is 5.32 Å². The van der Waals surface area contributed by atoms with Gasteiger partial charge in [-0.05, 0) is 6.92 Å². The number of nitrogens with one attached hydrogen (secondary N) is 2. The molecule has 0 fully saturated rings. The van der Waals surface area contributed by atoms with E-state index in [1.165, 1.54) is 7.05 Å². The fraction of sp³-hybridized carbons (Fsp3) is 1.00. The zero-order valence-electron chi connectivity index (χ0n) is 7.18. The molecule has 0 radical (unpaired) electrons. The first-order valence-corrected chi connectivity index (χ1v) is 3.69. The summed E-state index contributed by atoms with van der Waals surface area (Å²) in [7, 11) is 1.28. The zero-order chi connectivity index (χ0) is 8.91. The second-order valence-electron chi connectivity index (χ2n) is 2.16. The van der Waals surface area contributed by atoms with E-state index in [1.54, 1.807) is 13.8 Å². The van der Waals surface area contributed by atoms with Gasteiger partial charge in [-0.15, -0.1) is 0 Å². The van der Waals surface area contributed by atoms with E-state index in [9.17, 15) is 10.3 Å². The molecule has 5 nitrogen and oxygen atoms in total. The predicted octanol–water partition coefficient (Wildman–Crippen LogP) is -1.75. The minimum absolute atomic E-state index is 0.295. The molecule has 3 N–H and O–H groups in total. The van der Waals surface area contributed by atoms with Crippen LogP contribution in [-0.2, 0) is 4.74 Å². The van der Waals surface area contributed by atoms with Crippen molar-refractivity contribution in [2.24, 2.45) is 0 Å². The summed E-state index contributed by atoms with van der Waals surface area (Å²) in [6.45, 7) is 4.28. The number of hydrogen-bond donors (Lipinski definition) is 3. The van der Waals surface area contributed by atoms with Crippen molar-refractivity contribution in [3.05, 3.63) is 5.21 Å². The van der Waals surface area contributed by atoms with Gasteiger partial charge in [0.05, 0.1) is 13.7 Å². The summed E-state index contributed by atoms with van der Waals surface area (Å²) in [5.74, 6) is 0. The SMILES string of the molecule is CCNC(O)(OCC)[NH+](C)[O-]. The first-order chi connectivity index (χ1) is 5.06. The second-order valence-corrected chi connectivity index (χ2v) is 2.16. The third-order valence-electron chi connectivity index (χ3n) is 1.25. The van der Waals surface area contributed by atoms with Crippen molar-refractivity contribution in [1.29, 1.82) is 0 Å². The van der Waals surface area contributed by atoms with Gasteiger partial charge in [0.25, 0.3) is 0 Å². The lowest BCUT2D eigenvalue weighted by atomic mass is 10.6. The van der Waals surface area contributed by atoms with E-state index in [-0.39, 0.29) is 0 Å². The lowest BCUT2D eigenvalue weighted by Crippen LogP contribution is -3.17. The minimum atomic E-state index is -1.79. The summed E-state index contributed by atoms with van der Waals surface area (Å²) < 4.78 is 4.83. The quantitative estimate of drug-likeness (QED) is 0.333. The van der Waals surface area contributed by atoms with Crippen LogP contribution in [0.5, 0.6) is 0 Å². The van der Waals surface area contributed by atoms with Crippen LogP contribution in [0, 0.1) is 5.21 Å².